The summed E-state index contributed by atoms with van der Waals surface area (Å²) < 4.78 is 25.2. The maximum atomic E-state index is 12.2. The van der Waals surface area contributed by atoms with Gasteiger partial charge in [-0.05, 0) is 37.1 Å². The lowest BCUT2D eigenvalue weighted by Crippen LogP contribution is -2.32. The van der Waals surface area contributed by atoms with Crippen molar-refractivity contribution in [1.82, 2.24) is 4.90 Å². The lowest BCUT2D eigenvalue weighted by Gasteiger charge is -2.20. The Balaban J connectivity index is 2.27. The van der Waals surface area contributed by atoms with Crippen molar-refractivity contribution in [1.29, 1.82) is 0 Å². The predicted octanol–water partition coefficient (Wildman–Crippen LogP) is 0.692. The van der Waals surface area contributed by atoms with Gasteiger partial charge in [0.25, 0.3) is 5.91 Å². The first-order valence-electron chi connectivity index (χ1n) is 6.80. The van der Waals surface area contributed by atoms with Gasteiger partial charge >= 0.3 is 5.97 Å². The van der Waals surface area contributed by atoms with E-state index in [0.29, 0.717) is 29.8 Å². The van der Waals surface area contributed by atoms with E-state index in [1.54, 1.807) is 25.1 Å². The molecule has 0 saturated carbocycles. The van der Waals surface area contributed by atoms with Crippen LogP contribution >= 0.6 is 0 Å². The largest absolute Gasteiger partial charge is 0.480 e. The van der Waals surface area contributed by atoms with Crippen molar-refractivity contribution in [2.75, 3.05) is 30.2 Å². The summed E-state index contributed by atoms with van der Waals surface area (Å²) in [6.07, 6.45) is 0.587. The van der Waals surface area contributed by atoms with Gasteiger partial charge in [0, 0.05) is 19.2 Å². The number of carboxylic acid groups (broad SMARTS) is 1. The topological polar surface area (TPSA) is 95.0 Å². The number of aliphatic carboxylic acids is 1. The lowest BCUT2D eigenvalue weighted by atomic mass is 10.1. The highest BCUT2D eigenvalue weighted by Gasteiger charge is 2.29. The number of carboxylic acids is 1. The van der Waals surface area contributed by atoms with Crippen molar-refractivity contribution < 1.29 is 23.1 Å². The Hall–Kier alpha value is -2.09. The molecule has 22 heavy (non-hydrogen) atoms. The van der Waals surface area contributed by atoms with Gasteiger partial charge < -0.3 is 10.0 Å². The second-order valence-corrected chi connectivity index (χ2v) is 7.31. The van der Waals surface area contributed by atoms with E-state index >= 15 is 0 Å². The van der Waals surface area contributed by atoms with Gasteiger partial charge in [0.05, 0.1) is 11.4 Å². The first kappa shape index (κ1) is 16.3. The van der Waals surface area contributed by atoms with Crippen molar-refractivity contribution in [2.24, 2.45) is 0 Å². The fraction of sp³-hybridized carbons (Fsp3) is 0.429. The van der Waals surface area contributed by atoms with Gasteiger partial charge in [-0.3, -0.25) is 13.9 Å². The number of hydrogen-bond donors (Lipinski definition) is 1. The normalized spacial score (nSPS) is 16.5. The van der Waals surface area contributed by atoms with E-state index in [2.05, 4.69) is 0 Å². The van der Waals surface area contributed by atoms with E-state index in [4.69, 9.17) is 5.11 Å². The Kier molecular flexibility index (Phi) is 4.41. The van der Waals surface area contributed by atoms with Crippen LogP contribution in [0.5, 0.6) is 0 Å². The van der Waals surface area contributed by atoms with E-state index < -0.39 is 21.9 Å². The van der Waals surface area contributed by atoms with Crippen LogP contribution in [-0.2, 0) is 14.8 Å². The molecule has 0 spiro atoms. The van der Waals surface area contributed by atoms with Crippen LogP contribution in [0, 0.1) is 6.92 Å². The Morgan fingerprint density at radius 1 is 1.36 bits per heavy atom. The van der Waals surface area contributed by atoms with Gasteiger partial charge in [0.2, 0.25) is 10.0 Å². The molecule has 1 amide bonds. The molecular formula is C14H18N2O5S. The lowest BCUT2D eigenvalue weighted by molar-refractivity contribution is -0.137. The third-order valence-electron chi connectivity index (χ3n) is 3.55. The van der Waals surface area contributed by atoms with Gasteiger partial charge in [-0.15, -0.1) is 0 Å². The molecule has 0 aliphatic carbocycles. The molecule has 0 atom stereocenters. The fourth-order valence-corrected chi connectivity index (χ4v) is 4.01. The molecule has 0 bridgehead atoms. The van der Waals surface area contributed by atoms with Crippen molar-refractivity contribution in [2.45, 2.75) is 13.3 Å². The minimum atomic E-state index is -3.26. The third kappa shape index (κ3) is 3.22. The molecule has 8 heteroatoms. The molecule has 7 nitrogen and oxygen atoms in total. The second kappa shape index (κ2) is 5.96. The summed E-state index contributed by atoms with van der Waals surface area (Å²) >= 11 is 0. The van der Waals surface area contributed by atoms with Crippen LogP contribution in [0.4, 0.5) is 5.69 Å². The smallest absolute Gasteiger partial charge is 0.323 e. The maximum absolute atomic E-state index is 12.2. The van der Waals surface area contributed by atoms with Gasteiger partial charge in [0.1, 0.15) is 6.54 Å². The number of amides is 1. The second-order valence-electron chi connectivity index (χ2n) is 5.30. The molecule has 1 heterocycles. The molecular weight excluding hydrogens is 308 g/mol. The Bertz CT molecular complexity index is 714. The van der Waals surface area contributed by atoms with E-state index in [-0.39, 0.29) is 12.3 Å². The molecule has 120 valence electrons. The monoisotopic (exact) mass is 326 g/mol. The van der Waals surface area contributed by atoms with Crippen LogP contribution in [0.25, 0.3) is 0 Å². The van der Waals surface area contributed by atoms with Gasteiger partial charge in [0.15, 0.2) is 0 Å². The van der Waals surface area contributed by atoms with E-state index in [0.717, 1.165) is 4.90 Å². The predicted molar refractivity (Wildman–Crippen MR) is 81.5 cm³/mol. The maximum Gasteiger partial charge on any atom is 0.323 e. The molecule has 1 N–H and O–H groups in total. The molecule has 1 aromatic rings. The standard InChI is InChI=1S/C14H18N2O5S/c1-10-8-11(16-6-3-7-22(16,20)21)4-5-12(10)14(19)15(2)9-13(17)18/h4-5,8H,3,6-7,9H2,1-2H3,(H,17,18). The van der Waals surface area contributed by atoms with Crippen LogP contribution < -0.4 is 4.31 Å². The number of benzene rings is 1. The highest BCUT2D eigenvalue weighted by Crippen LogP contribution is 2.26. The average molecular weight is 326 g/mol. The van der Waals surface area contributed by atoms with Crippen LogP contribution in [0.15, 0.2) is 18.2 Å². The summed E-state index contributed by atoms with van der Waals surface area (Å²) in [5, 5.41) is 8.73. The van der Waals surface area contributed by atoms with Crippen LogP contribution in [0.2, 0.25) is 0 Å². The van der Waals surface area contributed by atoms with Crippen molar-refractivity contribution in [3.8, 4) is 0 Å². The number of likely N-dealkylation sites (N-methyl/N-ethyl adjacent to an activating group) is 1. The summed E-state index contributed by atoms with van der Waals surface area (Å²) in [5.74, 6) is -1.36. The third-order valence-corrected chi connectivity index (χ3v) is 5.42. The molecule has 0 aromatic heterocycles. The Morgan fingerprint density at radius 2 is 2.05 bits per heavy atom. The summed E-state index contributed by atoms with van der Waals surface area (Å²) in [5.41, 5.74) is 1.51. The number of nitrogens with zero attached hydrogens (tertiary/aromatic N) is 2. The number of sulfonamides is 1. The molecule has 1 aliphatic rings. The first-order chi connectivity index (χ1) is 10.2. The molecule has 1 fully saturated rings. The number of hydrogen-bond acceptors (Lipinski definition) is 4. The Labute approximate surface area is 129 Å². The van der Waals surface area contributed by atoms with E-state index in [1.807, 2.05) is 0 Å². The van der Waals surface area contributed by atoms with Gasteiger partial charge in [-0.25, -0.2) is 8.42 Å². The average Bonchev–Trinajstić information content (AvgIpc) is 2.76. The van der Waals surface area contributed by atoms with Crippen LogP contribution in [0.1, 0.15) is 22.3 Å². The minimum absolute atomic E-state index is 0.133. The van der Waals surface area contributed by atoms with E-state index in [1.165, 1.54) is 11.4 Å². The molecule has 0 unspecified atom stereocenters. The number of aryl methyl sites for hydroxylation is 1. The number of carbonyl (C=O) groups is 2. The summed E-state index contributed by atoms with van der Waals surface area (Å²) in [6, 6.07) is 4.77. The van der Waals surface area contributed by atoms with Crippen molar-refractivity contribution in [3.63, 3.8) is 0 Å². The molecule has 2 rings (SSSR count). The highest BCUT2D eigenvalue weighted by molar-refractivity contribution is 7.93. The fourth-order valence-electron chi connectivity index (χ4n) is 2.45. The Morgan fingerprint density at radius 3 is 2.55 bits per heavy atom. The molecule has 1 aromatic carbocycles. The van der Waals surface area contributed by atoms with Crippen LogP contribution in [-0.4, -0.2) is 56.2 Å². The molecule has 1 aliphatic heterocycles. The molecule has 0 radical (unpaired) electrons. The van der Waals surface area contributed by atoms with Crippen molar-refractivity contribution in [3.05, 3.63) is 29.3 Å². The zero-order valence-electron chi connectivity index (χ0n) is 12.4. The summed E-state index contributed by atoms with van der Waals surface area (Å²) in [7, 11) is -1.85. The highest BCUT2D eigenvalue weighted by atomic mass is 32.2. The zero-order valence-corrected chi connectivity index (χ0v) is 13.3. The zero-order chi connectivity index (χ0) is 16.5. The first-order valence-corrected chi connectivity index (χ1v) is 8.41. The number of rotatable bonds is 4. The SMILES string of the molecule is Cc1cc(N2CCCS2(=O)=O)ccc1C(=O)N(C)CC(=O)O. The molecule has 1 saturated heterocycles. The van der Waals surface area contributed by atoms with Gasteiger partial charge in [-0.2, -0.15) is 0 Å². The minimum Gasteiger partial charge on any atom is -0.480 e. The van der Waals surface area contributed by atoms with Crippen LogP contribution in [0.3, 0.4) is 0 Å². The number of carbonyl (C=O) groups excluding carboxylic acids is 1. The summed E-state index contributed by atoms with van der Waals surface area (Å²) in [6.45, 7) is 1.75. The van der Waals surface area contributed by atoms with Gasteiger partial charge in [-0.1, -0.05) is 0 Å². The number of anilines is 1. The van der Waals surface area contributed by atoms with E-state index in [9.17, 15) is 18.0 Å². The summed E-state index contributed by atoms with van der Waals surface area (Å²) in [4.78, 5) is 24.0. The van der Waals surface area contributed by atoms with Crippen molar-refractivity contribution >= 4 is 27.6 Å². The quantitative estimate of drug-likeness (QED) is 0.878.